The highest BCUT2D eigenvalue weighted by Gasteiger charge is 2.17. The molecular formula is C10H9F2NOS. The molecule has 0 aliphatic rings. The summed E-state index contributed by atoms with van der Waals surface area (Å²) in [5, 5.41) is 7.90. The fraction of sp³-hybridized carbons (Fsp3) is 0.300. The molecule has 1 rings (SSSR count). The molecule has 0 aliphatic carbocycles. The Morgan fingerprint density at radius 3 is 2.80 bits per heavy atom. The van der Waals surface area contributed by atoms with Crippen LogP contribution in [0, 0.1) is 23.0 Å². The summed E-state index contributed by atoms with van der Waals surface area (Å²) in [6.45, 7) is 1.56. The fourth-order valence-electron chi connectivity index (χ4n) is 1.05. The molecule has 0 aromatic heterocycles. The Kier molecular flexibility index (Phi) is 3.92. The third-order valence-corrected chi connectivity index (χ3v) is 3.50. The lowest BCUT2D eigenvalue weighted by molar-refractivity contribution is 0.570. The Morgan fingerprint density at radius 1 is 1.53 bits per heavy atom. The largest absolute Gasteiger partial charge is 0.254 e. The van der Waals surface area contributed by atoms with E-state index in [4.69, 9.17) is 5.26 Å². The maximum Gasteiger partial charge on any atom is 0.139 e. The average molecular weight is 229 g/mol. The van der Waals surface area contributed by atoms with E-state index in [1.54, 1.807) is 6.92 Å². The van der Waals surface area contributed by atoms with Gasteiger partial charge in [0.25, 0.3) is 0 Å². The van der Waals surface area contributed by atoms with Crippen LogP contribution >= 0.6 is 0 Å². The topological polar surface area (TPSA) is 40.9 Å². The van der Waals surface area contributed by atoms with Crippen molar-refractivity contribution < 1.29 is 13.0 Å². The first-order valence-corrected chi connectivity index (χ1v) is 5.50. The van der Waals surface area contributed by atoms with E-state index in [0.29, 0.717) is 0 Å². The zero-order valence-corrected chi connectivity index (χ0v) is 8.85. The normalized spacial score (nSPS) is 14.3. The molecule has 80 valence electrons. The first-order chi connectivity index (χ1) is 7.06. The smallest absolute Gasteiger partial charge is 0.139 e. The lowest BCUT2D eigenvalue weighted by Gasteiger charge is -2.08. The monoisotopic (exact) mass is 229 g/mol. The Hall–Kier alpha value is -1.28. The van der Waals surface area contributed by atoms with Gasteiger partial charge in [0.15, 0.2) is 0 Å². The number of nitriles is 1. The number of rotatable bonds is 3. The zero-order chi connectivity index (χ0) is 11.4. The molecule has 1 aromatic carbocycles. The van der Waals surface area contributed by atoms with Crippen molar-refractivity contribution in [3.8, 4) is 6.07 Å². The number of halogens is 2. The average Bonchev–Trinajstić information content (AvgIpc) is 2.21. The van der Waals surface area contributed by atoms with Crippen LogP contribution < -0.4 is 0 Å². The van der Waals surface area contributed by atoms with Gasteiger partial charge in [0.1, 0.15) is 11.6 Å². The Bertz CT molecular complexity index is 428. The van der Waals surface area contributed by atoms with Gasteiger partial charge in [-0.3, -0.25) is 4.21 Å². The quantitative estimate of drug-likeness (QED) is 0.798. The first kappa shape index (κ1) is 11.8. The molecule has 15 heavy (non-hydrogen) atoms. The second-order valence-corrected chi connectivity index (χ2v) is 4.88. The van der Waals surface area contributed by atoms with E-state index in [9.17, 15) is 13.0 Å². The lowest BCUT2D eigenvalue weighted by Crippen LogP contribution is -2.11. The molecule has 2 unspecified atom stereocenters. The Balaban J connectivity index is 3.01. The molecule has 2 nitrogen and oxygen atoms in total. The van der Waals surface area contributed by atoms with Crippen LogP contribution in [0.4, 0.5) is 8.78 Å². The molecular weight excluding hydrogens is 220 g/mol. The summed E-state index contributed by atoms with van der Waals surface area (Å²) in [6, 6.07) is 4.64. The highest BCUT2D eigenvalue weighted by Crippen LogP contribution is 2.18. The van der Waals surface area contributed by atoms with Gasteiger partial charge < -0.3 is 0 Å². The highest BCUT2D eigenvalue weighted by atomic mass is 32.2. The number of hydrogen-bond acceptors (Lipinski definition) is 2. The maximum absolute atomic E-state index is 13.2. The minimum Gasteiger partial charge on any atom is -0.254 e. The maximum atomic E-state index is 13.2. The minimum absolute atomic E-state index is 0.0442. The number of hydrogen-bond donors (Lipinski definition) is 0. The van der Waals surface area contributed by atoms with E-state index < -0.39 is 27.7 Å². The van der Waals surface area contributed by atoms with Crippen LogP contribution in [-0.2, 0) is 10.8 Å². The lowest BCUT2D eigenvalue weighted by atomic mass is 10.3. The molecule has 0 amide bonds. The predicted molar refractivity (Wildman–Crippen MR) is 52.5 cm³/mol. The summed E-state index contributed by atoms with van der Waals surface area (Å²) < 4.78 is 37.6. The van der Waals surface area contributed by atoms with E-state index >= 15 is 0 Å². The summed E-state index contributed by atoms with van der Waals surface area (Å²) in [5.41, 5.74) is 0. The summed E-state index contributed by atoms with van der Waals surface area (Å²) >= 11 is 0. The molecule has 2 atom stereocenters. The van der Waals surface area contributed by atoms with Crippen molar-refractivity contribution in [2.75, 3.05) is 0 Å². The molecule has 0 saturated heterocycles. The zero-order valence-electron chi connectivity index (χ0n) is 8.04. The van der Waals surface area contributed by atoms with E-state index in [2.05, 4.69) is 0 Å². The van der Waals surface area contributed by atoms with Crippen LogP contribution in [0.15, 0.2) is 23.1 Å². The molecule has 0 aliphatic heterocycles. The molecule has 0 heterocycles. The van der Waals surface area contributed by atoms with Crippen LogP contribution in [0.3, 0.4) is 0 Å². The highest BCUT2D eigenvalue weighted by molar-refractivity contribution is 7.85. The Labute approximate surface area is 89.0 Å². The van der Waals surface area contributed by atoms with Crippen molar-refractivity contribution in [1.29, 1.82) is 5.26 Å². The fourth-order valence-corrected chi connectivity index (χ4v) is 2.20. The van der Waals surface area contributed by atoms with E-state index in [-0.39, 0.29) is 11.3 Å². The number of benzene rings is 1. The minimum atomic E-state index is -1.69. The molecule has 0 bridgehead atoms. The van der Waals surface area contributed by atoms with Crippen molar-refractivity contribution in [3.05, 3.63) is 29.8 Å². The van der Waals surface area contributed by atoms with Gasteiger partial charge in [-0.25, -0.2) is 8.78 Å². The van der Waals surface area contributed by atoms with Gasteiger partial charge in [0.2, 0.25) is 0 Å². The summed E-state index contributed by atoms with van der Waals surface area (Å²) in [4.78, 5) is -0.183. The van der Waals surface area contributed by atoms with Crippen molar-refractivity contribution in [1.82, 2.24) is 0 Å². The van der Waals surface area contributed by atoms with Crippen LogP contribution in [0.25, 0.3) is 0 Å². The molecule has 5 heteroatoms. The van der Waals surface area contributed by atoms with Gasteiger partial charge in [-0.15, -0.1) is 0 Å². The third-order valence-electron chi connectivity index (χ3n) is 1.85. The molecule has 0 fully saturated rings. The molecule has 0 radical (unpaired) electrons. The summed E-state index contributed by atoms with van der Waals surface area (Å²) in [5.74, 6) is -1.34. The summed E-state index contributed by atoms with van der Waals surface area (Å²) in [7, 11) is -1.69. The van der Waals surface area contributed by atoms with E-state index in [1.165, 1.54) is 0 Å². The van der Waals surface area contributed by atoms with Gasteiger partial charge in [0.05, 0.1) is 21.8 Å². The van der Waals surface area contributed by atoms with Crippen LogP contribution in [-0.4, -0.2) is 9.46 Å². The standard InChI is InChI=1S/C10H9F2NOS/c1-7(4-5-13)15(14)10-6-8(11)2-3-9(10)12/h2-3,6-7H,4H2,1H3. The molecule has 0 N–H and O–H groups in total. The van der Waals surface area contributed by atoms with Crippen molar-refractivity contribution >= 4 is 10.8 Å². The van der Waals surface area contributed by atoms with Gasteiger partial charge in [0, 0.05) is 11.7 Å². The summed E-state index contributed by atoms with van der Waals surface area (Å²) in [6.07, 6.45) is 0.0442. The number of nitrogens with zero attached hydrogens (tertiary/aromatic N) is 1. The SMILES string of the molecule is CC(CC#N)S(=O)c1cc(F)ccc1F. The molecule has 0 spiro atoms. The van der Waals surface area contributed by atoms with Gasteiger partial charge in [-0.05, 0) is 25.1 Å². The molecule has 1 aromatic rings. The van der Waals surface area contributed by atoms with E-state index in [1.807, 2.05) is 6.07 Å². The third kappa shape index (κ3) is 2.83. The second kappa shape index (κ2) is 4.99. The van der Waals surface area contributed by atoms with Crippen molar-refractivity contribution in [3.63, 3.8) is 0 Å². The van der Waals surface area contributed by atoms with Crippen molar-refractivity contribution in [2.24, 2.45) is 0 Å². The van der Waals surface area contributed by atoms with Gasteiger partial charge in [-0.1, -0.05) is 0 Å². The predicted octanol–water partition coefficient (Wildman–Crippen LogP) is 2.37. The second-order valence-electron chi connectivity index (χ2n) is 3.05. The first-order valence-electron chi connectivity index (χ1n) is 4.29. The van der Waals surface area contributed by atoms with Gasteiger partial charge in [-0.2, -0.15) is 5.26 Å². The van der Waals surface area contributed by atoms with Gasteiger partial charge >= 0.3 is 0 Å². The van der Waals surface area contributed by atoms with Crippen LogP contribution in [0.5, 0.6) is 0 Å². The van der Waals surface area contributed by atoms with Crippen molar-refractivity contribution in [2.45, 2.75) is 23.5 Å². The van der Waals surface area contributed by atoms with E-state index in [0.717, 1.165) is 18.2 Å². The van der Waals surface area contributed by atoms with Crippen LogP contribution in [0.1, 0.15) is 13.3 Å². The van der Waals surface area contributed by atoms with Crippen LogP contribution in [0.2, 0.25) is 0 Å². The molecule has 0 saturated carbocycles. The Morgan fingerprint density at radius 2 is 2.20 bits per heavy atom.